The van der Waals surface area contributed by atoms with Gasteiger partial charge in [-0.3, -0.25) is 0 Å². The molecular formula is C25H25N3O2S. The van der Waals surface area contributed by atoms with E-state index in [1.807, 2.05) is 66.7 Å². The van der Waals surface area contributed by atoms with E-state index >= 15 is 0 Å². The molecule has 0 N–H and O–H groups in total. The van der Waals surface area contributed by atoms with E-state index in [1.54, 1.807) is 0 Å². The van der Waals surface area contributed by atoms with Crippen molar-refractivity contribution in [1.82, 2.24) is 9.80 Å². The van der Waals surface area contributed by atoms with Crippen LogP contribution in [0.15, 0.2) is 96.0 Å². The highest BCUT2D eigenvalue weighted by Crippen LogP contribution is 2.34. The third-order valence-electron chi connectivity index (χ3n) is 5.98. The van der Waals surface area contributed by atoms with Gasteiger partial charge in [0.25, 0.3) is 0 Å². The molecule has 3 aromatic carbocycles. The highest BCUT2D eigenvalue weighted by atomic mass is 32.2. The Hall–Kier alpha value is -3.12. The highest BCUT2D eigenvalue weighted by Gasteiger charge is 2.52. The lowest BCUT2D eigenvalue weighted by atomic mass is 10.1. The number of aliphatic imine (C=N–C) groups is 1. The van der Waals surface area contributed by atoms with Gasteiger partial charge in [0, 0.05) is 13.1 Å². The second-order valence-electron chi connectivity index (χ2n) is 8.19. The third kappa shape index (κ3) is 4.21. The number of guanidine groups is 1. The second kappa shape index (κ2) is 8.19. The molecule has 0 saturated carbocycles. The molecule has 5 nitrogen and oxygen atoms in total. The van der Waals surface area contributed by atoms with Crippen molar-refractivity contribution in [3.8, 4) is 0 Å². The second-order valence-corrected chi connectivity index (χ2v) is 10.3. The van der Waals surface area contributed by atoms with Gasteiger partial charge in [0.05, 0.1) is 29.3 Å². The molecule has 2 aliphatic heterocycles. The minimum atomic E-state index is -3.09. The lowest BCUT2D eigenvalue weighted by Gasteiger charge is -2.27. The summed E-state index contributed by atoms with van der Waals surface area (Å²) in [5, 5.41) is 0. The van der Waals surface area contributed by atoms with E-state index in [2.05, 4.69) is 34.1 Å². The molecule has 2 saturated heterocycles. The van der Waals surface area contributed by atoms with E-state index in [1.165, 1.54) is 0 Å². The Kier molecular flexibility index (Phi) is 5.24. The predicted octanol–water partition coefficient (Wildman–Crippen LogP) is 3.86. The van der Waals surface area contributed by atoms with E-state index in [0.29, 0.717) is 13.1 Å². The molecule has 2 aliphatic rings. The Labute approximate surface area is 183 Å². The lowest BCUT2D eigenvalue weighted by Crippen LogP contribution is -2.38. The summed E-state index contributed by atoms with van der Waals surface area (Å²) in [4.78, 5) is 9.41. The van der Waals surface area contributed by atoms with Crippen molar-refractivity contribution in [2.75, 3.05) is 11.5 Å². The molecule has 2 heterocycles. The number of fused-ring (bicyclic) bond motifs is 1. The zero-order valence-electron chi connectivity index (χ0n) is 17.2. The fourth-order valence-corrected chi connectivity index (χ4v) is 6.53. The molecular weight excluding hydrogens is 406 g/mol. The van der Waals surface area contributed by atoms with Crippen LogP contribution in [0.1, 0.15) is 11.1 Å². The van der Waals surface area contributed by atoms with Crippen LogP contribution < -0.4 is 0 Å². The Bertz CT molecular complexity index is 1100. The van der Waals surface area contributed by atoms with Gasteiger partial charge in [0.1, 0.15) is 0 Å². The summed E-state index contributed by atoms with van der Waals surface area (Å²) >= 11 is 0. The van der Waals surface area contributed by atoms with Gasteiger partial charge in [-0.05, 0) is 23.3 Å². The molecule has 2 fully saturated rings. The Morgan fingerprint density at radius 3 is 1.55 bits per heavy atom. The van der Waals surface area contributed by atoms with Crippen LogP contribution in [0.25, 0.3) is 0 Å². The van der Waals surface area contributed by atoms with Crippen LogP contribution in [-0.2, 0) is 22.9 Å². The molecule has 0 bridgehead atoms. The van der Waals surface area contributed by atoms with Crippen molar-refractivity contribution in [2.24, 2.45) is 4.99 Å². The third-order valence-corrected chi connectivity index (χ3v) is 7.68. The number of nitrogens with zero attached hydrogens (tertiary/aromatic N) is 3. The van der Waals surface area contributed by atoms with Gasteiger partial charge in [-0.15, -0.1) is 0 Å². The predicted molar refractivity (Wildman–Crippen MR) is 124 cm³/mol. The molecule has 0 radical (unpaired) electrons. The minimum absolute atomic E-state index is 0.101. The summed E-state index contributed by atoms with van der Waals surface area (Å²) in [5.74, 6) is 1.19. The summed E-state index contributed by atoms with van der Waals surface area (Å²) < 4.78 is 25.2. The summed E-state index contributed by atoms with van der Waals surface area (Å²) in [6, 6.07) is 30.1. The molecule has 6 heteroatoms. The molecule has 0 unspecified atom stereocenters. The van der Waals surface area contributed by atoms with Crippen molar-refractivity contribution in [2.45, 2.75) is 25.2 Å². The molecule has 0 spiro atoms. The SMILES string of the molecule is O=S1(=O)C[C@@H]2[C@@H](C1)N(Cc1ccccc1)C(=Nc1ccccc1)N2Cc1ccccc1. The molecule has 0 aliphatic carbocycles. The van der Waals surface area contributed by atoms with Gasteiger partial charge in [0.15, 0.2) is 9.84 Å². The van der Waals surface area contributed by atoms with E-state index in [0.717, 1.165) is 22.8 Å². The summed E-state index contributed by atoms with van der Waals surface area (Å²) in [5.41, 5.74) is 3.16. The molecule has 3 aromatic rings. The lowest BCUT2D eigenvalue weighted by molar-refractivity contribution is 0.306. The Balaban J connectivity index is 1.58. The van der Waals surface area contributed by atoms with Crippen molar-refractivity contribution < 1.29 is 8.42 Å². The number of para-hydroxylation sites is 1. The molecule has 2 atom stereocenters. The Morgan fingerprint density at radius 1 is 0.677 bits per heavy atom. The standard InChI is InChI=1S/C25H25N3O2S/c29-31(30)18-23-24(19-31)28(17-21-12-6-2-7-13-21)25(26-22-14-8-3-9-15-22)27(23)16-20-10-4-1-5-11-20/h1-15,23-24H,16-19H2/t23-,24-/m1/s1. The van der Waals surface area contributed by atoms with Crippen molar-refractivity contribution >= 4 is 21.5 Å². The molecule has 0 amide bonds. The Morgan fingerprint density at radius 2 is 1.10 bits per heavy atom. The number of sulfone groups is 1. The minimum Gasteiger partial charge on any atom is -0.332 e. The topological polar surface area (TPSA) is 53.0 Å². The zero-order chi connectivity index (χ0) is 21.3. The van der Waals surface area contributed by atoms with Crippen LogP contribution in [0, 0.1) is 0 Å². The first-order chi connectivity index (χ1) is 15.1. The summed E-state index contributed by atoms with van der Waals surface area (Å²) in [6.07, 6.45) is 0. The van der Waals surface area contributed by atoms with Crippen LogP contribution in [0.5, 0.6) is 0 Å². The van der Waals surface area contributed by atoms with Crippen LogP contribution >= 0.6 is 0 Å². The van der Waals surface area contributed by atoms with Gasteiger partial charge in [-0.2, -0.15) is 0 Å². The van der Waals surface area contributed by atoms with Crippen LogP contribution in [0.2, 0.25) is 0 Å². The van der Waals surface area contributed by atoms with E-state index in [9.17, 15) is 8.42 Å². The maximum Gasteiger partial charge on any atom is 0.203 e. The monoisotopic (exact) mass is 431 g/mol. The first-order valence-corrected chi connectivity index (χ1v) is 12.4. The normalized spacial score (nSPS) is 21.9. The average molecular weight is 432 g/mol. The summed E-state index contributed by atoms with van der Waals surface area (Å²) in [7, 11) is -3.09. The number of hydrogen-bond acceptors (Lipinski definition) is 3. The maximum atomic E-state index is 12.6. The quantitative estimate of drug-likeness (QED) is 0.616. The zero-order valence-corrected chi connectivity index (χ0v) is 18.0. The van der Waals surface area contributed by atoms with Crippen molar-refractivity contribution in [3.05, 3.63) is 102 Å². The average Bonchev–Trinajstić information content (AvgIpc) is 3.22. The van der Waals surface area contributed by atoms with Crippen LogP contribution in [0.3, 0.4) is 0 Å². The fourth-order valence-electron chi connectivity index (χ4n) is 4.55. The smallest absolute Gasteiger partial charge is 0.203 e. The van der Waals surface area contributed by atoms with Gasteiger partial charge in [0.2, 0.25) is 5.96 Å². The van der Waals surface area contributed by atoms with E-state index in [-0.39, 0.29) is 23.6 Å². The van der Waals surface area contributed by atoms with E-state index in [4.69, 9.17) is 4.99 Å². The number of rotatable bonds is 5. The van der Waals surface area contributed by atoms with Gasteiger partial charge >= 0.3 is 0 Å². The molecule has 5 rings (SSSR count). The van der Waals surface area contributed by atoms with Gasteiger partial charge in [-0.1, -0.05) is 78.9 Å². The van der Waals surface area contributed by atoms with Crippen molar-refractivity contribution in [1.29, 1.82) is 0 Å². The molecule has 31 heavy (non-hydrogen) atoms. The maximum absolute atomic E-state index is 12.6. The first-order valence-electron chi connectivity index (χ1n) is 10.5. The highest BCUT2D eigenvalue weighted by molar-refractivity contribution is 7.91. The van der Waals surface area contributed by atoms with Crippen LogP contribution in [-0.4, -0.2) is 47.8 Å². The summed E-state index contributed by atoms with van der Waals surface area (Å²) in [6.45, 7) is 1.27. The largest absolute Gasteiger partial charge is 0.332 e. The molecule has 158 valence electrons. The van der Waals surface area contributed by atoms with E-state index < -0.39 is 9.84 Å². The van der Waals surface area contributed by atoms with Crippen molar-refractivity contribution in [3.63, 3.8) is 0 Å². The van der Waals surface area contributed by atoms with Gasteiger partial charge in [-0.25, -0.2) is 13.4 Å². The number of benzene rings is 3. The van der Waals surface area contributed by atoms with Gasteiger partial charge < -0.3 is 9.80 Å². The fraction of sp³-hybridized carbons (Fsp3) is 0.240. The van der Waals surface area contributed by atoms with Crippen LogP contribution in [0.4, 0.5) is 5.69 Å². The first kappa shape index (κ1) is 19.8. The molecule has 0 aromatic heterocycles. The number of hydrogen-bond donors (Lipinski definition) is 0.